The third kappa shape index (κ3) is 4.62. The molecule has 4 heteroatoms. The standard InChI is InChI=1S/C11H24N2OS/c1-4-15(14)8-6-12-11-5-7-13(3)9-10(11)2/h10-12H,4-9H2,1-3H3. The number of nitrogens with one attached hydrogen (secondary N) is 1. The molecule has 0 aliphatic carbocycles. The average Bonchev–Trinajstić information content (AvgIpc) is 2.21. The van der Waals surface area contributed by atoms with Gasteiger partial charge in [0.2, 0.25) is 0 Å². The van der Waals surface area contributed by atoms with E-state index in [4.69, 9.17) is 0 Å². The zero-order chi connectivity index (χ0) is 11.3. The molecule has 1 heterocycles. The highest BCUT2D eigenvalue weighted by Crippen LogP contribution is 2.14. The predicted octanol–water partition coefficient (Wildman–Crippen LogP) is 0.685. The van der Waals surface area contributed by atoms with Gasteiger partial charge in [0.25, 0.3) is 0 Å². The molecule has 15 heavy (non-hydrogen) atoms. The lowest BCUT2D eigenvalue weighted by molar-refractivity contribution is 0.177. The Balaban J connectivity index is 2.18. The maximum absolute atomic E-state index is 11.2. The SMILES string of the molecule is CCS(=O)CCNC1CCN(C)CC1C. The topological polar surface area (TPSA) is 32.3 Å². The number of rotatable bonds is 5. The second-order valence-electron chi connectivity index (χ2n) is 4.52. The zero-order valence-corrected chi connectivity index (χ0v) is 11.0. The number of likely N-dealkylation sites (tertiary alicyclic amines) is 1. The Labute approximate surface area is 96.1 Å². The number of piperidine rings is 1. The summed E-state index contributed by atoms with van der Waals surface area (Å²) in [7, 11) is 1.56. The van der Waals surface area contributed by atoms with Crippen LogP contribution < -0.4 is 5.32 Å². The molecule has 0 aromatic rings. The molecule has 0 spiro atoms. The minimum absolute atomic E-state index is 0.620. The van der Waals surface area contributed by atoms with Crippen LogP contribution in [-0.4, -0.2) is 53.3 Å². The normalized spacial score (nSPS) is 30.3. The molecule has 1 saturated heterocycles. The van der Waals surface area contributed by atoms with Gasteiger partial charge < -0.3 is 10.2 Å². The smallest absolute Gasteiger partial charge is 0.0360 e. The minimum Gasteiger partial charge on any atom is -0.313 e. The van der Waals surface area contributed by atoms with Crippen LogP contribution in [-0.2, 0) is 10.8 Å². The van der Waals surface area contributed by atoms with Gasteiger partial charge in [-0.15, -0.1) is 0 Å². The van der Waals surface area contributed by atoms with Crippen molar-refractivity contribution in [3.8, 4) is 0 Å². The van der Waals surface area contributed by atoms with E-state index >= 15 is 0 Å². The second kappa shape index (κ2) is 6.61. The average molecular weight is 232 g/mol. The monoisotopic (exact) mass is 232 g/mol. The Morgan fingerprint density at radius 2 is 2.27 bits per heavy atom. The van der Waals surface area contributed by atoms with E-state index in [-0.39, 0.29) is 0 Å². The van der Waals surface area contributed by atoms with Gasteiger partial charge in [0.05, 0.1) is 0 Å². The van der Waals surface area contributed by atoms with E-state index < -0.39 is 10.8 Å². The molecule has 0 aromatic carbocycles. The molecular formula is C11H24N2OS. The van der Waals surface area contributed by atoms with E-state index in [0.29, 0.717) is 12.0 Å². The number of hydrogen-bond acceptors (Lipinski definition) is 3. The molecule has 1 fully saturated rings. The Bertz CT molecular complexity index is 211. The first-order valence-corrected chi connectivity index (χ1v) is 7.39. The van der Waals surface area contributed by atoms with Crippen LogP contribution in [0.25, 0.3) is 0 Å². The van der Waals surface area contributed by atoms with E-state index in [0.717, 1.165) is 18.1 Å². The predicted molar refractivity (Wildman–Crippen MR) is 66.6 cm³/mol. The molecule has 0 aromatic heterocycles. The molecule has 3 unspecified atom stereocenters. The van der Waals surface area contributed by atoms with Gasteiger partial charge in [0, 0.05) is 41.4 Å². The van der Waals surface area contributed by atoms with E-state index in [1.165, 1.54) is 19.5 Å². The van der Waals surface area contributed by atoms with Crippen LogP contribution in [0.5, 0.6) is 0 Å². The van der Waals surface area contributed by atoms with Crippen molar-refractivity contribution in [2.45, 2.75) is 26.3 Å². The fourth-order valence-electron chi connectivity index (χ4n) is 2.16. The molecule has 0 bridgehead atoms. The van der Waals surface area contributed by atoms with Gasteiger partial charge in [0.15, 0.2) is 0 Å². The highest BCUT2D eigenvalue weighted by Gasteiger charge is 2.23. The highest BCUT2D eigenvalue weighted by molar-refractivity contribution is 7.84. The van der Waals surface area contributed by atoms with Gasteiger partial charge in [-0.1, -0.05) is 13.8 Å². The van der Waals surface area contributed by atoms with Crippen LogP contribution in [0.3, 0.4) is 0 Å². The van der Waals surface area contributed by atoms with Crippen molar-refractivity contribution >= 4 is 10.8 Å². The molecule has 0 amide bonds. The van der Waals surface area contributed by atoms with Crippen molar-refractivity contribution in [3.63, 3.8) is 0 Å². The van der Waals surface area contributed by atoms with Crippen LogP contribution in [0.15, 0.2) is 0 Å². The molecule has 90 valence electrons. The van der Waals surface area contributed by atoms with Gasteiger partial charge in [-0.25, -0.2) is 0 Å². The third-order valence-electron chi connectivity index (χ3n) is 3.17. The molecule has 1 N–H and O–H groups in total. The summed E-state index contributed by atoms with van der Waals surface area (Å²) in [6.07, 6.45) is 1.22. The van der Waals surface area contributed by atoms with Gasteiger partial charge >= 0.3 is 0 Å². The van der Waals surface area contributed by atoms with Crippen molar-refractivity contribution in [2.75, 3.05) is 38.2 Å². The summed E-state index contributed by atoms with van der Waals surface area (Å²) in [5, 5.41) is 3.54. The van der Waals surface area contributed by atoms with Gasteiger partial charge in [0.1, 0.15) is 0 Å². The molecule has 0 saturated carbocycles. The van der Waals surface area contributed by atoms with Crippen molar-refractivity contribution < 1.29 is 4.21 Å². The summed E-state index contributed by atoms with van der Waals surface area (Å²) in [5.41, 5.74) is 0. The minimum atomic E-state index is -0.622. The summed E-state index contributed by atoms with van der Waals surface area (Å²) in [6, 6.07) is 0.620. The van der Waals surface area contributed by atoms with Crippen molar-refractivity contribution in [3.05, 3.63) is 0 Å². The molecular weight excluding hydrogens is 208 g/mol. The van der Waals surface area contributed by atoms with E-state index in [9.17, 15) is 4.21 Å². The molecule has 0 radical (unpaired) electrons. The summed E-state index contributed by atoms with van der Waals surface area (Å²) >= 11 is 0. The third-order valence-corrected chi connectivity index (χ3v) is 4.47. The molecule has 1 aliphatic heterocycles. The van der Waals surface area contributed by atoms with Crippen molar-refractivity contribution in [1.82, 2.24) is 10.2 Å². The number of nitrogens with zero attached hydrogens (tertiary/aromatic N) is 1. The highest BCUT2D eigenvalue weighted by atomic mass is 32.2. The Morgan fingerprint density at radius 1 is 1.53 bits per heavy atom. The van der Waals surface area contributed by atoms with E-state index in [2.05, 4.69) is 24.2 Å². The zero-order valence-electron chi connectivity index (χ0n) is 10.2. The van der Waals surface area contributed by atoms with Crippen molar-refractivity contribution in [2.24, 2.45) is 5.92 Å². The fourth-order valence-corrected chi connectivity index (χ4v) is 2.79. The lowest BCUT2D eigenvalue weighted by Gasteiger charge is -2.35. The Morgan fingerprint density at radius 3 is 2.87 bits per heavy atom. The Hall–Kier alpha value is 0.0700. The lowest BCUT2D eigenvalue weighted by Crippen LogP contribution is -2.47. The number of hydrogen-bond donors (Lipinski definition) is 1. The fraction of sp³-hybridized carbons (Fsp3) is 1.00. The maximum atomic E-state index is 11.2. The molecule has 1 rings (SSSR count). The van der Waals surface area contributed by atoms with Gasteiger partial charge in [-0.2, -0.15) is 0 Å². The quantitative estimate of drug-likeness (QED) is 0.757. The van der Waals surface area contributed by atoms with Gasteiger partial charge in [-0.3, -0.25) is 4.21 Å². The molecule has 3 nitrogen and oxygen atoms in total. The summed E-state index contributed by atoms with van der Waals surface area (Å²) in [6.45, 7) is 7.53. The van der Waals surface area contributed by atoms with Crippen LogP contribution in [0.4, 0.5) is 0 Å². The first kappa shape index (κ1) is 13.1. The summed E-state index contributed by atoms with van der Waals surface area (Å²) < 4.78 is 11.2. The van der Waals surface area contributed by atoms with Crippen LogP contribution in [0.2, 0.25) is 0 Å². The Kier molecular flexibility index (Phi) is 5.79. The molecule has 1 aliphatic rings. The first-order valence-electron chi connectivity index (χ1n) is 5.90. The first-order chi connectivity index (χ1) is 7.13. The second-order valence-corrected chi connectivity index (χ2v) is 6.39. The van der Waals surface area contributed by atoms with Gasteiger partial charge in [-0.05, 0) is 25.9 Å². The van der Waals surface area contributed by atoms with Crippen LogP contribution >= 0.6 is 0 Å². The van der Waals surface area contributed by atoms with Crippen molar-refractivity contribution in [1.29, 1.82) is 0 Å². The van der Waals surface area contributed by atoms with E-state index in [1.807, 2.05) is 6.92 Å². The summed E-state index contributed by atoms with van der Waals surface area (Å²) in [5.74, 6) is 2.29. The van der Waals surface area contributed by atoms with Crippen LogP contribution in [0, 0.1) is 5.92 Å². The lowest BCUT2D eigenvalue weighted by atomic mass is 9.94. The summed E-state index contributed by atoms with van der Waals surface area (Å²) in [4.78, 5) is 2.38. The van der Waals surface area contributed by atoms with E-state index in [1.54, 1.807) is 0 Å². The largest absolute Gasteiger partial charge is 0.313 e. The van der Waals surface area contributed by atoms with Crippen LogP contribution in [0.1, 0.15) is 20.3 Å². The molecule has 3 atom stereocenters. The maximum Gasteiger partial charge on any atom is 0.0360 e.